The van der Waals surface area contributed by atoms with Gasteiger partial charge in [0.2, 0.25) is 5.91 Å². The summed E-state index contributed by atoms with van der Waals surface area (Å²) < 4.78 is 0. The van der Waals surface area contributed by atoms with Crippen LogP contribution in [0.5, 0.6) is 0 Å². The summed E-state index contributed by atoms with van der Waals surface area (Å²) in [6.45, 7) is 4.69. The average Bonchev–Trinajstić information content (AvgIpc) is 2.87. The van der Waals surface area contributed by atoms with E-state index in [0.717, 1.165) is 11.4 Å². The molecule has 0 saturated heterocycles. The van der Waals surface area contributed by atoms with E-state index in [0.29, 0.717) is 19.4 Å². The number of aromatic nitrogens is 3. The molecule has 1 amide bonds. The molecule has 1 aromatic carbocycles. The predicted octanol–water partition coefficient (Wildman–Crippen LogP) is 1.32. The van der Waals surface area contributed by atoms with E-state index in [2.05, 4.69) is 40.4 Å². The van der Waals surface area contributed by atoms with E-state index in [4.69, 9.17) is 0 Å². The third kappa shape index (κ3) is 3.91. The normalized spacial score (nSPS) is 10.4. The summed E-state index contributed by atoms with van der Waals surface area (Å²) in [5, 5.41) is 9.40. The highest BCUT2D eigenvalue weighted by molar-refractivity contribution is 5.78. The van der Waals surface area contributed by atoms with Gasteiger partial charge in [0.25, 0.3) is 0 Å². The minimum Gasteiger partial charge on any atom is -0.355 e. The Bertz CT molecular complexity index is 549. The number of hydrogen-bond donors (Lipinski definition) is 2. The van der Waals surface area contributed by atoms with Gasteiger partial charge in [0, 0.05) is 13.0 Å². The third-order valence-electron chi connectivity index (χ3n) is 3.08. The van der Waals surface area contributed by atoms with Gasteiger partial charge in [0.05, 0.1) is 6.42 Å². The van der Waals surface area contributed by atoms with Gasteiger partial charge < -0.3 is 5.32 Å². The molecule has 2 N–H and O–H groups in total. The fourth-order valence-corrected chi connectivity index (χ4v) is 1.83. The molecule has 0 saturated carbocycles. The SMILES string of the molecule is Cc1ccc(CC(=O)NCCc2ncn[nH]2)cc1C. The van der Waals surface area contributed by atoms with Crippen LogP contribution in [0.1, 0.15) is 22.5 Å². The number of H-pyrrole nitrogens is 1. The molecule has 0 bridgehead atoms. The second-order valence-electron chi connectivity index (χ2n) is 4.63. The summed E-state index contributed by atoms with van der Waals surface area (Å²) in [6, 6.07) is 6.11. The van der Waals surface area contributed by atoms with Crippen molar-refractivity contribution < 1.29 is 4.79 Å². The second kappa shape index (κ2) is 6.13. The molecule has 5 nitrogen and oxygen atoms in total. The summed E-state index contributed by atoms with van der Waals surface area (Å²) >= 11 is 0. The highest BCUT2D eigenvalue weighted by Crippen LogP contribution is 2.10. The molecule has 100 valence electrons. The van der Waals surface area contributed by atoms with Gasteiger partial charge in [-0.05, 0) is 30.5 Å². The standard InChI is InChI=1S/C14H18N4O/c1-10-3-4-12(7-11(10)2)8-14(19)15-6-5-13-16-9-17-18-13/h3-4,7,9H,5-6,8H2,1-2H3,(H,15,19)(H,16,17,18). The molecule has 0 atom stereocenters. The zero-order chi connectivity index (χ0) is 13.7. The first-order valence-electron chi connectivity index (χ1n) is 6.32. The van der Waals surface area contributed by atoms with Crippen molar-refractivity contribution in [2.75, 3.05) is 6.54 Å². The number of carbonyl (C=O) groups excluding carboxylic acids is 1. The Hall–Kier alpha value is -2.17. The Labute approximate surface area is 112 Å². The van der Waals surface area contributed by atoms with E-state index in [1.807, 2.05) is 12.1 Å². The number of hydrogen-bond acceptors (Lipinski definition) is 3. The zero-order valence-electron chi connectivity index (χ0n) is 11.2. The summed E-state index contributed by atoms with van der Waals surface area (Å²) in [5.41, 5.74) is 3.50. The quantitative estimate of drug-likeness (QED) is 0.849. The second-order valence-corrected chi connectivity index (χ2v) is 4.63. The molecular weight excluding hydrogens is 240 g/mol. The lowest BCUT2D eigenvalue weighted by molar-refractivity contribution is -0.120. The van der Waals surface area contributed by atoms with Crippen LogP contribution >= 0.6 is 0 Å². The van der Waals surface area contributed by atoms with Gasteiger partial charge in [-0.2, -0.15) is 5.10 Å². The Kier molecular flexibility index (Phi) is 4.28. The lowest BCUT2D eigenvalue weighted by Gasteiger charge is -2.06. The first-order chi connectivity index (χ1) is 9.15. The molecule has 0 radical (unpaired) electrons. The first kappa shape index (κ1) is 13.3. The van der Waals surface area contributed by atoms with Gasteiger partial charge in [-0.1, -0.05) is 18.2 Å². The number of amides is 1. The van der Waals surface area contributed by atoms with Crippen LogP contribution in [0.15, 0.2) is 24.5 Å². The van der Waals surface area contributed by atoms with Crippen LogP contribution in [-0.2, 0) is 17.6 Å². The molecule has 0 aliphatic heterocycles. The summed E-state index contributed by atoms with van der Waals surface area (Å²) in [6.07, 6.45) is 2.54. The molecule has 0 spiro atoms. The van der Waals surface area contributed by atoms with Crippen LogP contribution in [0.2, 0.25) is 0 Å². The highest BCUT2D eigenvalue weighted by Gasteiger charge is 2.04. The molecule has 0 unspecified atom stereocenters. The van der Waals surface area contributed by atoms with Crippen molar-refractivity contribution in [3.8, 4) is 0 Å². The topological polar surface area (TPSA) is 70.7 Å². The molecule has 2 rings (SSSR count). The van der Waals surface area contributed by atoms with Crippen molar-refractivity contribution in [3.63, 3.8) is 0 Å². The largest absolute Gasteiger partial charge is 0.355 e. The van der Waals surface area contributed by atoms with Crippen LogP contribution < -0.4 is 5.32 Å². The lowest BCUT2D eigenvalue weighted by Crippen LogP contribution is -2.27. The maximum atomic E-state index is 11.8. The van der Waals surface area contributed by atoms with Gasteiger partial charge in [-0.25, -0.2) is 4.98 Å². The molecule has 2 aromatic rings. The summed E-state index contributed by atoms with van der Waals surface area (Å²) in [7, 11) is 0. The molecule has 1 aromatic heterocycles. The molecule has 1 heterocycles. The van der Waals surface area contributed by atoms with Crippen LogP contribution in [0.25, 0.3) is 0 Å². The molecular formula is C14H18N4O. The minimum atomic E-state index is 0.0303. The van der Waals surface area contributed by atoms with Gasteiger partial charge in [-0.15, -0.1) is 0 Å². The van der Waals surface area contributed by atoms with Crippen LogP contribution in [0.3, 0.4) is 0 Å². The average molecular weight is 258 g/mol. The Morgan fingerprint density at radius 2 is 2.16 bits per heavy atom. The van der Waals surface area contributed by atoms with Crippen molar-refractivity contribution in [2.24, 2.45) is 0 Å². The van der Waals surface area contributed by atoms with E-state index < -0.39 is 0 Å². The number of benzene rings is 1. The van der Waals surface area contributed by atoms with Crippen molar-refractivity contribution in [2.45, 2.75) is 26.7 Å². The fraction of sp³-hybridized carbons (Fsp3) is 0.357. The van der Waals surface area contributed by atoms with E-state index in [-0.39, 0.29) is 5.91 Å². The van der Waals surface area contributed by atoms with E-state index >= 15 is 0 Å². The predicted molar refractivity (Wildman–Crippen MR) is 72.7 cm³/mol. The number of nitrogens with zero attached hydrogens (tertiary/aromatic N) is 2. The van der Waals surface area contributed by atoms with Crippen molar-refractivity contribution in [1.82, 2.24) is 20.5 Å². The van der Waals surface area contributed by atoms with Gasteiger partial charge in [0.1, 0.15) is 12.2 Å². The number of rotatable bonds is 5. The number of nitrogens with one attached hydrogen (secondary N) is 2. The zero-order valence-corrected chi connectivity index (χ0v) is 11.2. The molecule has 0 aliphatic rings. The van der Waals surface area contributed by atoms with E-state index in [1.54, 1.807) is 0 Å². The van der Waals surface area contributed by atoms with Crippen molar-refractivity contribution >= 4 is 5.91 Å². The van der Waals surface area contributed by atoms with E-state index in [1.165, 1.54) is 17.5 Å². The van der Waals surface area contributed by atoms with Crippen molar-refractivity contribution in [1.29, 1.82) is 0 Å². The monoisotopic (exact) mass is 258 g/mol. The number of carbonyl (C=O) groups is 1. The van der Waals surface area contributed by atoms with Gasteiger partial charge >= 0.3 is 0 Å². The molecule has 0 fully saturated rings. The van der Waals surface area contributed by atoms with Gasteiger partial charge in [0.15, 0.2) is 0 Å². The van der Waals surface area contributed by atoms with Crippen molar-refractivity contribution in [3.05, 3.63) is 47.0 Å². The van der Waals surface area contributed by atoms with Gasteiger partial charge in [-0.3, -0.25) is 9.89 Å². The summed E-state index contributed by atoms with van der Waals surface area (Å²) in [5.74, 6) is 0.814. The molecule has 0 aliphatic carbocycles. The Morgan fingerprint density at radius 1 is 1.32 bits per heavy atom. The third-order valence-corrected chi connectivity index (χ3v) is 3.08. The van der Waals surface area contributed by atoms with E-state index in [9.17, 15) is 4.79 Å². The fourth-order valence-electron chi connectivity index (χ4n) is 1.83. The molecule has 5 heteroatoms. The number of aromatic amines is 1. The Morgan fingerprint density at radius 3 is 2.84 bits per heavy atom. The summed E-state index contributed by atoms with van der Waals surface area (Å²) in [4.78, 5) is 15.8. The van der Waals surface area contributed by atoms with Crippen LogP contribution in [-0.4, -0.2) is 27.6 Å². The van der Waals surface area contributed by atoms with Crippen LogP contribution in [0.4, 0.5) is 0 Å². The highest BCUT2D eigenvalue weighted by atomic mass is 16.1. The number of aryl methyl sites for hydroxylation is 2. The first-order valence-corrected chi connectivity index (χ1v) is 6.32. The minimum absolute atomic E-state index is 0.0303. The molecule has 19 heavy (non-hydrogen) atoms. The maximum absolute atomic E-state index is 11.8. The lowest BCUT2D eigenvalue weighted by atomic mass is 10.0. The van der Waals surface area contributed by atoms with Crippen LogP contribution in [0, 0.1) is 13.8 Å². The maximum Gasteiger partial charge on any atom is 0.224 e. The smallest absolute Gasteiger partial charge is 0.224 e. The Balaban J connectivity index is 1.79.